The Morgan fingerprint density at radius 2 is 1.60 bits per heavy atom. The third kappa shape index (κ3) is 6.74. The van der Waals surface area contributed by atoms with Crippen LogP contribution in [0.15, 0.2) is 41.6 Å². The van der Waals surface area contributed by atoms with Crippen LogP contribution in [0.25, 0.3) is 10.9 Å². The molecule has 0 radical (unpaired) electrons. The Bertz CT molecular complexity index is 1520. The Balaban J connectivity index is 2.13. The Hall–Kier alpha value is -4.06. The van der Waals surface area contributed by atoms with Crippen molar-refractivity contribution >= 4 is 44.1 Å². The molecule has 0 saturated carbocycles. The van der Waals surface area contributed by atoms with Crippen LogP contribution in [0, 0.1) is 0 Å². The highest BCUT2D eigenvalue weighted by molar-refractivity contribution is 7.89. The van der Waals surface area contributed by atoms with E-state index in [4.69, 9.17) is 9.47 Å². The molecule has 3 rings (SSSR count). The van der Waals surface area contributed by atoms with Crippen LogP contribution in [0.4, 0.5) is 43.5 Å². The number of carbonyl (C=O) groups excluding carboxylic acids is 1. The quantitative estimate of drug-likeness (QED) is 0.286. The number of hydroxylamine groups is 1. The van der Waals surface area contributed by atoms with Crippen molar-refractivity contribution in [2.75, 3.05) is 45.1 Å². The van der Waals surface area contributed by atoms with E-state index in [2.05, 4.69) is 20.1 Å². The highest BCUT2D eigenvalue weighted by atomic mass is 32.2. The van der Waals surface area contributed by atoms with Gasteiger partial charge in [0.15, 0.2) is 11.5 Å². The molecule has 0 aliphatic heterocycles. The third-order valence-electron chi connectivity index (χ3n) is 5.27. The summed E-state index contributed by atoms with van der Waals surface area (Å²) in [6.07, 6.45) is -9.01. The van der Waals surface area contributed by atoms with Crippen LogP contribution in [-0.4, -0.2) is 76.0 Å². The maximum absolute atomic E-state index is 13.2. The maximum atomic E-state index is 13.2. The summed E-state index contributed by atoms with van der Waals surface area (Å²) < 4.78 is 113. The number of anilines is 3. The molecule has 218 valence electrons. The van der Waals surface area contributed by atoms with Gasteiger partial charge in [-0.05, 0) is 28.7 Å². The van der Waals surface area contributed by atoms with Gasteiger partial charge >= 0.3 is 18.3 Å². The highest BCUT2D eigenvalue weighted by Gasteiger charge is 2.44. The van der Waals surface area contributed by atoms with Gasteiger partial charge in [-0.3, -0.25) is 0 Å². The van der Waals surface area contributed by atoms with Crippen LogP contribution in [0.1, 0.15) is 0 Å². The first-order chi connectivity index (χ1) is 18.5. The van der Waals surface area contributed by atoms with E-state index >= 15 is 0 Å². The first-order valence-corrected chi connectivity index (χ1v) is 12.3. The number of aromatic nitrogens is 2. The minimum absolute atomic E-state index is 0.0130. The third-order valence-corrected chi connectivity index (χ3v) is 6.87. The van der Waals surface area contributed by atoms with E-state index in [0.29, 0.717) is 23.7 Å². The number of alkyl halides is 6. The molecule has 0 spiro atoms. The fraction of sp³-hybridized carbons (Fsp3) is 0.318. The van der Waals surface area contributed by atoms with Crippen LogP contribution in [0.3, 0.4) is 0 Å². The highest BCUT2D eigenvalue weighted by Crippen LogP contribution is 2.37. The second kappa shape index (κ2) is 11.2. The van der Waals surface area contributed by atoms with Crippen LogP contribution in [0.2, 0.25) is 0 Å². The van der Waals surface area contributed by atoms with Gasteiger partial charge in [0, 0.05) is 25.5 Å². The van der Waals surface area contributed by atoms with Gasteiger partial charge in [0.05, 0.1) is 36.0 Å². The Morgan fingerprint density at radius 1 is 0.975 bits per heavy atom. The van der Waals surface area contributed by atoms with Crippen molar-refractivity contribution in [1.82, 2.24) is 14.4 Å². The summed E-state index contributed by atoms with van der Waals surface area (Å²) in [5.74, 6) is -2.21. The molecule has 0 aliphatic carbocycles. The van der Waals surface area contributed by atoms with Gasteiger partial charge in [0.25, 0.3) is 10.0 Å². The lowest BCUT2D eigenvalue weighted by atomic mass is 10.2. The van der Waals surface area contributed by atoms with Crippen LogP contribution < -0.4 is 19.7 Å². The second-order valence-electron chi connectivity index (χ2n) is 8.01. The van der Waals surface area contributed by atoms with Gasteiger partial charge in [0.2, 0.25) is 0 Å². The summed E-state index contributed by atoms with van der Waals surface area (Å²) in [4.78, 5) is 23.3. The number of rotatable bonds is 9. The van der Waals surface area contributed by atoms with Gasteiger partial charge in [-0.25, -0.2) is 23.2 Å². The fourth-order valence-corrected chi connectivity index (χ4v) is 4.41. The summed E-state index contributed by atoms with van der Waals surface area (Å²) in [5, 5.41) is 3.06. The van der Waals surface area contributed by atoms with Gasteiger partial charge in [0.1, 0.15) is 18.7 Å². The molecule has 2 aromatic carbocycles. The molecular formula is C22H21F6N5O6S. The lowest BCUT2D eigenvalue weighted by Crippen LogP contribution is -2.36. The molecule has 0 unspecified atom stereocenters. The minimum Gasteiger partial charge on any atom is -0.493 e. The standard InChI is InChI=1S/C22H21F6N5O6S/c1-32(10-21(23,24)25)16-6-5-12(40(35,36)33(2)39-20(34)22(26,27)28)7-15(16)31-19-13-8-17(37-3)18(38-4)9-14(13)29-11-30-19/h5-9,11H,10H2,1-4H3,(H,29,30,31). The predicted octanol–water partition coefficient (Wildman–Crippen LogP) is 4.03. The number of methoxy groups -OCH3 is 2. The molecule has 3 aromatic rings. The number of nitrogens with one attached hydrogen (secondary N) is 1. The van der Waals surface area contributed by atoms with E-state index in [-0.39, 0.29) is 27.4 Å². The van der Waals surface area contributed by atoms with Gasteiger partial charge < -0.3 is 24.5 Å². The molecule has 1 aromatic heterocycles. The number of hydrogen-bond donors (Lipinski definition) is 1. The Labute approximate surface area is 223 Å². The van der Waals surface area contributed by atoms with Crippen LogP contribution >= 0.6 is 0 Å². The summed E-state index contributed by atoms with van der Waals surface area (Å²) in [6.45, 7) is -1.44. The van der Waals surface area contributed by atoms with Gasteiger partial charge in [-0.15, -0.1) is 0 Å². The molecule has 1 heterocycles. The van der Waals surface area contributed by atoms with Gasteiger partial charge in [-0.1, -0.05) is 0 Å². The largest absolute Gasteiger partial charge is 0.493 e. The first kappa shape index (κ1) is 30.5. The van der Waals surface area contributed by atoms with Gasteiger partial charge in [-0.2, -0.15) is 26.3 Å². The molecule has 0 saturated heterocycles. The molecule has 0 aliphatic rings. The zero-order valence-electron chi connectivity index (χ0n) is 21.1. The van der Waals surface area contributed by atoms with Crippen molar-refractivity contribution in [3.63, 3.8) is 0 Å². The molecule has 40 heavy (non-hydrogen) atoms. The molecular weight excluding hydrogens is 576 g/mol. The number of nitrogens with zero attached hydrogens (tertiary/aromatic N) is 4. The van der Waals surface area contributed by atoms with E-state index in [1.165, 1.54) is 26.4 Å². The Morgan fingerprint density at radius 3 is 2.17 bits per heavy atom. The lowest BCUT2D eigenvalue weighted by molar-refractivity contribution is -0.219. The molecule has 0 atom stereocenters. The topological polar surface area (TPSA) is 123 Å². The number of halogens is 6. The number of ether oxygens (including phenoxy) is 2. The number of fused-ring (bicyclic) bond motifs is 1. The van der Waals surface area contributed by atoms with Crippen molar-refractivity contribution in [2.45, 2.75) is 17.2 Å². The molecule has 1 N–H and O–H groups in total. The van der Waals surface area contributed by atoms with E-state index in [1.807, 2.05) is 0 Å². The minimum atomic E-state index is -5.49. The average molecular weight is 597 g/mol. The second-order valence-corrected chi connectivity index (χ2v) is 9.95. The average Bonchev–Trinajstić information content (AvgIpc) is 2.86. The normalized spacial score (nSPS) is 12.4. The summed E-state index contributed by atoms with van der Waals surface area (Å²) in [7, 11) is -0.518. The number of hydrogen-bond acceptors (Lipinski definition) is 10. The van der Waals surface area contributed by atoms with Crippen LogP contribution in [-0.2, 0) is 19.7 Å². The van der Waals surface area contributed by atoms with E-state index in [9.17, 15) is 39.6 Å². The molecule has 0 fully saturated rings. The van der Waals surface area contributed by atoms with Crippen molar-refractivity contribution < 1.29 is 53.9 Å². The molecule has 18 heteroatoms. The van der Waals surface area contributed by atoms with Crippen molar-refractivity contribution in [2.24, 2.45) is 0 Å². The number of sulfonamides is 1. The van der Waals surface area contributed by atoms with Crippen molar-refractivity contribution in [3.05, 3.63) is 36.7 Å². The number of carbonyl (C=O) groups is 1. The monoisotopic (exact) mass is 597 g/mol. The Kier molecular flexibility index (Phi) is 8.54. The molecule has 11 nitrogen and oxygen atoms in total. The zero-order chi connectivity index (χ0) is 30.0. The summed E-state index contributed by atoms with van der Waals surface area (Å²) in [6, 6.07) is 5.66. The predicted molar refractivity (Wildman–Crippen MR) is 129 cm³/mol. The number of benzene rings is 2. The van der Waals surface area contributed by atoms with Crippen molar-refractivity contribution in [1.29, 1.82) is 0 Å². The molecule has 0 amide bonds. The summed E-state index contributed by atoms with van der Waals surface area (Å²) >= 11 is 0. The maximum Gasteiger partial charge on any atom is 0.492 e. The van der Waals surface area contributed by atoms with E-state index < -0.39 is 39.8 Å². The first-order valence-electron chi connectivity index (χ1n) is 10.8. The smallest absolute Gasteiger partial charge is 0.492 e. The SMILES string of the molecule is COc1cc2ncnc(Nc3cc(S(=O)(=O)N(C)OC(=O)C(F)(F)F)ccc3N(C)CC(F)(F)F)c2cc1OC. The fourth-order valence-electron chi connectivity index (χ4n) is 3.44. The zero-order valence-corrected chi connectivity index (χ0v) is 21.9. The lowest BCUT2D eigenvalue weighted by Gasteiger charge is -2.25. The molecule has 0 bridgehead atoms. The summed E-state index contributed by atoms with van der Waals surface area (Å²) in [5.41, 5.74) is -0.0699. The van der Waals surface area contributed by atoms with E-state index in [1.54, 1.807) is 0 Å². The van der Waals surface area contributed by atoms with Crippen molar-refractivity contribution in [3.8, 4) is 11.5 Å². The van der Waals surface area contributed by atoms with Crippen LogP contribution in [0.5, 0.6) is 11.5 Å². The van der Waals surface area contributed by atoms with E-state index in [0.717, 1.165) is 36.5 Å².